The first-order valence-corrected chi connectivity index (χ1v) is 10.8. The van der Waals surface area contributed by atoms with Crippen molar-refractivity contribution in [3.63, 3.8) is 0 Å². The molecule has 0 unspecified atom stereocenters. The Hall–Kier alpha value is -3.30. The van der Waals surface area contributed by atoms with E-state index in [1.165, 1.54) is 16.0 Å². The maximum atomic E-state index is 13.2. The van der Waals surface area contributed by atoms with Gasteiger partial charge in [0.1, 0.15) is 12.2 Å². The minimum absolute atomic E-state index is 0.171. The Morgan fingerprint density at radius 1 is 1.16 bits per heavy atom. The molecule has 0 bridgehead atoms. The van der Waals surface area contributed by atoms with Crippen molar-refractivity contribution in [3.8, 4) is 11.5 Å². The van der Waals surface area contributed by atoms with Gasteiger partial charge in [-0.2, -0.15) is 5.10 Å². The van der Waals surface area contributed by atoms with E-state index in [1.807, 2.05) is 19.1 Å². The van der Waals surface area contributed by atoms with Gasteiger partial charge in [-0.25, -0.2) is 9.67 Å². The lowest BCUT2D eigenvalue weighted by Gasteiger charge is -2.25. The predicted molar refractivity (Wildman–Crippen MR) is 118 cm³/mol. The molecular formula is C22H20N4O4S. The van der Waals surface area contributed by atoms with E-state index in [-0.39, 0.29) is 17.9 Å². The van der Waals surface area contributed by atoms with Crippen LogP contribution in [0, 0.1) is 6.92 Å². The molecule has 158 valence electrons. The van der Waals surface area contributed by atoms with E-state index in [1.54, 1.807) is 30.5 Å². The lowest BCUT2D eigenvalue weighted by atomic mass is 10.1. The summed E-state index contributed by atoms with van der Waals surface area (Å²) in [7, 11) is 0. The monoisotopic (exact) mass is 436 g/mol. The third-order valence-corrected chi connectivity index (χ3v) is 6.31. The third-order valence-electron chi connectivity index (χ3n) is 5.19. The van der Waals surface area contributed by atoms with Crippen molar-refractivity contribution in [2.75, 3.05) is 31.2 Å². The van der Waals surface area contributed by atoms with E-state index in [9.17, 15) is 9.59 Å². The molecule has 1 aliphatic rings. The Bertz CT molecular complexity index is 1290. The highest BCUT2D eigenvalue weighted by Crippen LogP contribution is 2.34. The Labute approximate surface area is 181 Å². The van der Waals surface area contributed by atoms with Crippen LogP contribution in [0.15, 0.2) is 51.9 Å². The summed E-state index contributed by atoms with van der Waals surface area (Å²) < 4.78 is 12.8. The van der Waals surface area contributed by atoms with Crippen molar-refractivity contribution < 1.29 is 13.9 Å². The standard InChI is InChI=1S/C22H20N4O4S/c1-14-4-6-15(7-5-14)16(27)13-26-21(28)19-20(18(24-26)17-3-2-10-30-17)31-22(23-19)25-8-11-29-12-9-25/h2-7,10H,8-9,11-13H2,1H3. The maximum Gasteiger partial charge on any atom is 0.294 e. The van der Waals surface area contributed by atoms with Crippen LogP contribution in [0.3, 0.4) is 0 Å². The van der Waals surface area contributed by atoms with E-state index in [0.29, 0.717) is 53.5 Å². The van der Waals surface area contributed by atoms with Crippen molar-refractivity contribution in [3.05, 3.63) is 64.1 Å². The molecule has 1 fully saturated rings. The Morgan fingerprint density at radius 2 is 1.94 bits per heavy atom. The van der Waals surface area contributed by atoms with Gasteiger partial charge in [0.2, 0.25) is 0 Å². The fourth-order valence-electron chi connectivity index (χ4n) is 3.49. The number of aromatic nitrogens is 3. The number of nitrogens with zero attached hydrogens (tertiary/aromatic N) is 4. The Morgan fingerprint density at radius 3 is 2.65 bits per heavy atom. The van der Waals surface area contributed by atoms with Gasteiger partial charge in [-0.15, -0.1) is 0 Å². The predicted octanol–water partition coefficient (Wildman–Crippen LogP) is 3.14. The molecule has 9 heteroatoms. The highest BCUT2D eigenvalue weighted by atomic mass is 32.1. The van der Waals surface area contributed by atoms with Crippen LogP contribution >= 0.6 is 11.3 Å². The number of rotatable bonds is 5. The molecule has 0 N–H and O–H groups in total. The highest BCUT2D eigenvalue weighted by molar-refractivity contribution is 7.22. The minimum atomic E-state index is -0.387. The molecule has 4 heterocycles. The summed E-state index contributed by atoms with van der Waals surface area (Å²) in [6, 6.07) is 10.8. The summed E-state index contributed by atoms with van der Waals surface area (Å²) in [6.07, 6.45) is 1.56. The first-order chi connectivity index (χ1) is 15.1. The zero-order valence-corrected chi connectivity index (χ0v) is 17.7. The average Bonchev–Trinajstić information content (AvgIpc) is 3.47. The molecule has 1 aromatic carbocycles. The van der Waals surface area contributed by atoms with Crippen molar-refractivity contribution in [2.45, 2.75) is 13.5 Å². The number of aryl methyl sites for hydroxylation is 1. The molecule has 0 spiro atoms. The normalized spacial score (nSPS) is 14.3. The van der Waals surface area contributed by atoms with E-state index >= 15 is 0 Å². The molecule has 31 heavy (non-hydrogen) atoms. The third kappa shape index (κ3) is 3.77. The summed E-state index contributed by atoms with van der Waals surface area (Å²) >= 11 is 1.41. The second kappa shape index (κ2) is 8.09. The molecule has 0 saturated carbocycles. The van der Waals surface area contributed by atoms with E-state index < -0.39 is 0 Å². The van der Waals surface area contributed by atoms with Crippen LogP contribution in [0.25, 0.3) is 21.7 Å². The van der Waals surface area contributed by atoms with Gasteiger partial charge in [-0.05, 0) is 19.1 Å². The summed E-state index contributed by atoms with van der Waals surface area (Å²) in [5.74, 6) is 0.335. The molecule has 5 rings (SSSR count). The van der Waals surface area contributed by atoms with Gasteiger partial charge >= 0.3 is 0 Å². The van der Waals surface area contributed by atoms with E-state index in [0.717, 1.165) is 10.7 Å². The van der Waals surface area contributed by atoms with E-state index in [2.05, 4.69) is 15.0 Å². The van der Waals surface area contributed by atoms with Crippen molar-refractivity contribution in [1.29, 1.82) is 0 Å². The van der Waals surface area contributed by atoms with Gasteiger partial charge in [-0.3, -0.25) is 9.59 Å². The molecule has 0 amide bonds. The van der Waals surface area contributed by atoms with Crippen LogP contribution in [0.4, 0.5) is 5.13 Å². The van der Waals surface area contributed by atoms with Crippen molar-refractivity contribution in [2.24, 2.45) is 0 Å². The van der Waals surface area contributed by atoms with Crippen LogP contribution in [-0.4, -0.2) is 46.9 Å². The second-order valence-corrected chi connectivity index (χ2v) is 8.33. The zero-order valence-electron chi connectivity index (χ0n) is 16.9. The number of Topliss-reactive ketones (excluding diaryl/α,β-unsaturated/α-hetero) is 1. The topological polar surface area (TPSA) is 90.5 Å². The minimum Gasteiger partial charge on any atom is -0.463 e. The smallest absolute Gasteiger partial charge is 0.294 e. The number of ether oxygens (including phenoxy) is 1. The number of carbonyl (C=O) groups is 1. The number of carbonyl (C=O) groups excluding carboxylic acids is 1. The summed E-state index contributed by atoms with van der Waals surface area (Å²) in [5.41, 5.74) is 2.01. The quantitative estimate of drug-likeness (QED) is 0.444. The van der Waals surface area contributed by atoms with Crippen LogP contribution < -0.4 is 10.5 Å². The molecule has 1 saturated heterocycles. The first-order valence-electron chi connectivity index (χ1n) is 9.98. The summed E-state index contributed by atoms with van der Waals surface area (Å²) in [6.45, 7) is 4.45. The molecule has 0 radical (unpaired) electrons. The Kier molecular flexibility index (Phi) is 5.13. The largest absolute Gasteiger partial charge is 0.463 e. The molecule has 4 aromatic rings. The average molecular weight is 436 g/mol. The summed E-state index contributed by atoms with van der Waals surface area (Å²) in [4.78, 5) is 32.7. The van der Waals surface area contributed by atoms with Crippen LogP contribution in [-0.2, 0) is 11.3 Å². The highest BCUT2D eigenvalue weighted by Gasteiger charge is 2.23. The van der Waals surface area contributed by atoms with E-state index in [4.69, 9.17) is 9.15 Å². The molecule has 8 nitrogen and oxygen atoms in total. The fraction of sp³-hybridized carbons (Fsp3) is 0.273. The fourth-order valence-corrected chi connectivity index (χ4v) is 4.59. The zero-order chi connectivity index (χ0) is 21.4. The molecule has 0 aliphatic carbocycles. The number of ketones is 1. The number of anilines is 1. The number of furan rings is 1. The number of hydrogen-bond acceptors (Lipinski definition) is 8. The van der Waals surface area contributed by atoms with Gasteiger partial charge in [0.15, 0.2) is 22.2 Å². The second-order valence-electron chi connectivity index (χ2n) is 7.35. The molecular weight excluding hydrogens is 416 g/mol. The number of benzene rings is 1. The summed E-state index contributed by atoms with van der Waals surface area (Å²) in [5, 5.41) is 5.24. The van der Waals surface area contributed by atoms with Crippen LogP contribution in [0.5, 0.6) is 0 Å². The lowest BCUT2D eigenvalue weighted by Crippen LogP contribution is -2.36. The van der Waals surface area contributed by atoms with Crippen molar-refractivity contribution in [1.82, 2.24) is 14.8 Å². The lowest BCUT2D eigenvalue weighted by molar-refractivity contribution is 0.0966. The molecule has 0 atom stereocenters. The number of fused-ring (bicyclic) bond motifs is 1. The van der Waals surface area contributed by atoms with Gasteiger partial charge in [0.05, 0.1) is 24.2 Å². The van der Waals surface area contributed by atoms with Gasteiger partial charge in [0, 0.05) is 18.7 Å². The first kappa shape index (κ1) is 19.7. The number of thiazole rings is 1. The van der Waals surface area contributed by atoms with Gasteiger partial charge in [-0.1, -0.05) is 41.2 Å². The van der Waals surface area contributed by atoms with Crippen LogP contribution in [0.1, 0.15) is 15.9 Å². The number of morpholine rings is 1. The van der Waals surface area contributed by atoms with Gasteiger partial charge in [0.25, 0.3) is 5.56 Å². The SMILES string of the molecule is Cc1ccc(C(=O)Cn2nc(-c3ccco3)c3sc(N4CCOCC4)nc3c2=O)cc1. The van der Waals surface area contributed by atoms with Crippen LogP contribution in [0.2, 0.25) is 0 Å². The maximum absolute atomic E-state index is 13.2. The Balaban J connectivity index is 1.59. The number of hydrogen-bond donors (Lipinski definition) is 0. The van der Waals surface area contributed by atoms with Crippen molar-refractivity contribution >= 4 is 32.5 Å². The van der Waals surface area contributed by atoms with Gasteiger partial charge < -0.3 is 14.1 Å². The molecule has 1 aliphatic heterocycles. The molecule has 3 aromatic heterocycles.